The van der Waals surface area contributed by atoms with Crippen molar-refractivity contribution >= 4 is 45.7 Å². The van der Waals surface area contributed by atoms with Crippen LogP contribution in [0.3, 0.4) is 0 Å². The minimum absolute atomic E-state index is 0.0716. The average Bonchev–Trinajstić information content (AvgIpc) is 2.81. The monoisotopic (exact) mass is 491 g/mol. The van der Waals surface area contributed by atoms with Gasteiger partial charge in [0.15, 0.2) is 17.4 Å². The summed E-state index contributed by atoms with van der Waals surface area (Å²) < 4.78 is 34.6. The van der Waals surface area contributed by atoms with Gasteiger partial charge in [0, 0.05) is 37.5 Å². The molecule has 3 heterocycles. The van der Waals surface area contributed by atoms with Gasteiger partial charge in [-0.3, -0.25) is 9.59 Å². The molecular weight excluding hydrogens is 468 g/mol. The fourth-order valence-corrected chi connectivity index (χ4v) is 3.90. The van der Waals surface area contributed by atoms with Crippen LogP contribution in [0.1, 0.15) is 26.2 Å². The van der Waals surface area contributed by atoms with Crippen molar-refractivity contribution in [1.29, 1.82) is 0 Å². The zero-order valence-electron chi connectivity index (χ0n) is 18.8. The number of hydrogen-bond acceptors (Lipinski definition) is 7. The predicted molar refractivity (Wildman–Crippen MR) is 127 cm³/mol. The van der Waals surface area contributed by atoms with Crippen molar-refractivity contribution < 1.29 is 18.3 Å². The van der Waals surface area contributed by atoms with Crippen LogP contribution in [0.4, 0.5) is 26.2 Å². The van der Waals surface area contributed by atoms with Crippen LogP contribution in [0, 0.1) is 0 Å². The number of fused-ring (bicyclic) bond motifs is 1. The van der Waals surface area contributed by atoms with Crippen molar-refractivity contribution in [2.24, 2.45) is 7.05 Å². The summed E-state index contributed by atoms with van der Waals surface area (Å²) in [4.78, 5) is 34.1. The molecule has 0 amide bonds. The number of anilines is 3. The number of rotatable bonds is 7. The van der Waals surface area contributed by atoms with Gasteiger partial charge in [-0.15, -0.1) is 0 Å². The maximum absolute atomic E-state index is 13.8. The van der Waals surface area contributed by atoms with Crippen LogP contribution < -0.4 is 20.5 Å². The minimum atomic E-state index is -2.79. The number of hydrogen-bond donors (Lipinski definition) is 1. The summed E-state index contributed by atoms with van der Waals surface area (Å²) in [5.41, 5.74) is 0.922. The fraction of sp³-hybridized carbons (Fsp3) is 0.391. The van der Waals surface area contributed by atoms with Gasteiger partial charge in [0.2, 0.25) is 5.95 Å². The molecule has 0 unspecified atom stereocenters. The van der Waals surface area contributed by atoms with E-state index in [2.05, 4.69) is 15.3 Å². The first-order chi connectivity index (χ1) is 16.2. The lowest BCUT2D eigenvalue weighted by molar-refractivity contribution is -0.120. The number of carbonyl (C=O) groups excluding carboxylic acids is 1. The van der Waals surface area contributed by atoms with Gasteiger partial charge in [0.1, 0.15) is 11.6 Å². The van der Waals surface area contributed by atoms with Crippen LogP contribution in [-0.2, 0) is 11.8 Å². The van der Waals surface area contributed by atoms with Crippen LogP contribution in [-0.4, -0.2) is 45.9 Å². The number of aryl methyl sites for hydroxylation is 1. The molecule has 8 nitrogen and oxygen atoms in total. The molecule has 3 aromatic rings. The largest absolute Gasteiger partial charge is 0.480 e. The molecule has 0 aliphatic carbocycles. The first kappa shape index (κ1) is 23.9. The van der Waals surface area contributed by atoms with Crippen molar-refractivity contribution in [2.75, 3.05) is 29.9 Å². The van der Waals surface area contributed by atoms with Crippen LogP contribution in [0.15, 0.2) is 35.3 Å². The standard InChI is InChI=1S/C23H24ClF2N5O3/c1-3-16(32)12-34-19-10-14-9-15(5-6-18(14)30(2)21(19)33)28-20-17(24)11-27-22(29-20)31-8-4-7-23(25,26)13-31/h5-6,9-11H,3-4,7-8,12-13H2,1-2H3,(H,27,28,29). The zero-order valence-corrected chi connectivity index (χ0v) is 19.5. The molecule has 1 fully saturated rings. The molecule has 1 N–H and O–H groups in total. The van der Waals surface area contributed by atoms with E-state index in [1.165, 1.54) is 15.7 Å². The van der Waals surface area contributed by atoms with E-state index < -0.39 is 12.5 Å². The first-order valence-electron chi connectivity index (χ1n) is 10.9. The second kappa shape index (κ2) is 9.54. The van der Waals surface area contributed by atoms with E-state index in [-0.39, 0.29) is 46.9 Å². The Balaban J connectivity index is 1.62. The summed E-state index contributed by atoms with van der Waals surface area (Å²) in [6, 6.07) is 6.85. The minimum Gasteiger partial charge on any atom is -0.480 e. The molecular formula is C23H24ClF2N5O3. The number of nitrogens with one attached hydrogen (secondary N) is 1. The summed E-state index contributed by atoms with van der Waals surface area (Å²) in [6.07, 6.45) is 1.89. The molecule has 1 aliphatic rings. The maximum atomic E-state index is 13.8. The molecule has 2 aromatic heterocycles. The quantitative estimate of drug-likeness (QED) is 0.526. The number of ketones is 1. The third kappa shape index (κ3) is 5.11. The summed E-state index contributed by atoms with van der Waals surface area (Å²) in [7, 11) is 1.62. The molecule has 1 aromatic carbocycles. The zero-order chi connectivity index (χ0) is 24.5. The lowest BCUT2D eigenvalue weighted by Gasteiger charge is -2.32. The SMILES string of the molecule is CCC(=O)COc1cc2cc(Nc3nc(N4CCCC(F)(F)C4)ncc3Cl)ccc2n(C)c1=O. The number of piperidine rings is 1. The molecule has 34 heavy (non-hydrogen) atoms. The second-order valence-electron chi connectivity index (χ2n) is 8.20. The van der Waals surface area contributed by atoms with E-state index in [9.17, 15) is 18.4 Å². The Morgan fingerprint density at radius 1 is 1.32 bits per heavy atom. The Hall–Kier alpha value is -3.27. The van der Waals surface area contributed by atoms with Gasteiger partial charge in [0.05, 0.1) is 18.3 Å². The topological polar surface area (TPSA) is 89.3 Å². The van der Waals surface area contributed by atoms with Gasteiger partial charge in [-0.25, -0.2) is 13.8 Å². The van der Waals surface area contributed by atoms with Crippen molar-refractivity contribution in [3.05, 3.63) is 45.8 Å². The number of ether oxygens (including phenoxy) is 1. The van der Waals surface area contributed by atoms with Gasteiger partial charge in [-0.1, -0.05) is 18.5 Å². The molecule has 1 saturated heterocycles. The molecule has 0 radical (unpaired) electrons. The Morgan fingerprint density at radius 2 is 2.12 bits per heavy atom. The predicted octanol–water partition coefficient (Wildman–Crippen LogP) is 4.32. The lowest BCUT2D eigenvalue weighted by Crippen LogP contribution is -2.43. The maximum Gasteiger partial charge on any atom is 0.293 e. The summed E-state index contributed by atoms with van der Waals surface area (Å²) in [5.74, 6) is -2.38. The second-order valence-corrected chi connectivity index (χ2v) is 8.61. The normalized spacial score (nSPS) is 15.4. The Labute approximate surface area is 199 Å². The van der Waals surface area contributed by atoms with Gasteiger partial charge in [-0.2, -0.15) is 4.98 Å². The van der Waals surface area contributed by atoms with Crippen LogP contribution >= 0.6 is 11.6 Å². The van der Waals surface area contributed by atoms with E-state index in [0.717, 1.165) is 0 Å². The molecule has 11 heteroatoms. The van der Waals surface area contributed by atoms with Gasteiger partial charge >= 0.3 is 0 Å². The molecule has 0 bridgehead atoms. The van der Waals surface area contributed by atoms with Gasteiger partial charge in [0.25, 0.3) is 11.5 Å². The number of carbonyl (C=O) groups is 1. The average molecular weight is 492 g/mol. The van der Waals surface area contributed by atoms with Crippen LogP contribution in [0.25, 0.3) is 10.9 Å². The third-order valence-electron chi connectivity index (χ3n) is 5.64. The molecule has 4 rings (SSSR count). The number of halogens is 3. The number of alkyl halides is 2. The highest BCUT2D eigenvalue weighted by molar-refractivity contribution is 6.32. The van der Waals surface area contributed by atoms with E-state index in [1.54, 1.807) is 38.2 Å². The van der Waals surface area contributed by atoms with E-state index in [1.807, 2.05) is 0 Å². The van der Waals surface area contributed by atoms with Crippen LogP contribution in [0.5, 0.6) is 5.75 Å². The molecule has 0 atom stereocenters. The highest BCUT2D eigenvalue weighted by Crippen LogP contribution is 2.31. The van der Waals surface area contributed by atoms with Crippen LogP contribution in [0.2, 0.25) is 5.02 Å². The number of nitrogens with zero attached hydrogens (tertiary/aromatic N) is 4. The highest BCUT2D eigenvalue weighted by Gasteiger charge is 2.36. The van der Waals surface area contributed by atoms with Gasteiger partial charge < -0.3 is 19.5 Å². The fourth-order valence-electron chi connectivity index (χ4n) is 3.77. The Kier molecular flexibility index (Phi) is 6.70. The summed E-state index contributed by atoms with van der Waals surface area (Å²) >= 11 is 6.26. The Morgan fingerprint density at radius 3 is 2.85 bits per heavy atom. The van der Waals surface area contributed by atoms with E-state index >= 15 is 0 Å². The van der Waals surface area contributed by atoms with E-state index in [4.69, 9.17) is 16.3 Å². The van der Waals surface area contributed by atoms with Gasteiger partial charge in [-0.05, 0) is 30.7 Å². The smallest absolute Gasteiger partial charge is 0.293 e. The Bertz CT molecular complexity index is 1300. The number of Topliss-reactive ketones (excluding diaryl/α,β-unsaturated/α-hetero) is 1. The third-order valence-corrected chi connectivity index (χ3v) is 5.92. The molecule has 180 valence electrons. The first-order valence-corrected chi connectivity index (χ1v) is 11.3. The summed E-state index contributed by atoms with van der Waals surface area (Å²) in [5, 5.41) is 4.02. The van der Waals surface area contributed by atoms with Crippen molar-refractivity contribution in [1.82, 2.24) is 14.5 Å². The summed E-state index contributed by atoms with van der Waals surface area (Å²) in [6.45, 7) is 1.54. The highest BCUT2D eigenvalue weighted by atomic mass is 35.5. The number of benzene rings is 1. The molecule has 0 spiro atoms. The van der Waals surface area contributed by atoms with Crippen molar-refractivity contribution in [3.63, 3.8) is 0 Å². The lowest BCUT2D eigenvalue weighted by atomic mass is 10.1. The number of pyridine rings is 1. The molecule has 0 saturated carbocycles. The van der Waals surface area contributed by atoms with Crippen molar-refractivity contribution in [3.8, 4) is 5.75 Å². The number of aromatic nitrogens is 3. The van der Waals surface area contributed by atoms with E-state index in [0.29, 0.717) is 36.0 Å². The molecule has 1 aliphatic heterocycles. The van der Waals surface area contributed by atoms with Crippen molar-refractivity contribution in [2.45, 2.75) is 32.1 Å².